The summed E-state index contributed by atoms with van der Waals surface area (Å²) in [7, 11) is 0. The second-order valence-corrected chi connectivity index (χ2v) is 8.93. The van der Waals surface area contributed by atoms with Crippen LogP contribution in [-0.4, -0.2) is 83.8 Å². The van der Waals surface area contributed by atoms with Gasteiger partial charge in [0.25, 0.3) is 0 Å². The molecule has 0 saturated carbocycles. The number of amides is 5. The van der Waals surface area contributed by atoms with Crippen molar-refractivity contribution in [2.75, 3.05) is 13.1 Å². The minimum Gasteiger partial charge on any atom is -0.481 e. The lowest BCUT2D eigenvalue weighted by Gasteiger charge is -2.24. The van der Waals surface area contributed by atoms with Gasteiger partial charge in [-0.2, -0.15) is 0 Å². The third-order valence-corrected chi connectivity index (χ3v) is 5.70. The molecule has 2 rings (SSSR count). The average Bonchev–Trinajstić information content (AvgIpc) is 2.87. The topological polar surface area (TPSA) is 247 Å². The Morgan fingerprint density at radius 1 is 0.897 bits per heavy atom. The van der Waals surface area contributed by atoms with Crippen LogP contribution in [0.4, 0.5) is 0 Å². The Bertz CT molecular complexity index is 1090. The zero-order valence-corrected chi connectivity index (χ0v) is 21.4. The maximum atomic E-state index is 13.1. The third-order valence-electron chi connectivity index (χ3n) is 5.70. The SMILES string of the molecule is C[C@@H]1NC(=O)[C@@H](Cc2ccccc2)NC(=O)[C@H](CC(=O)O)NC(=O)CNC(=O)[C@H](CCCN=C(N)N)NC1=O. The second kappa shape index (κ2) is 14.9. The monoisotopic (exact) mass is 546 g/mol. The number of aliphatic imine (C=N–C) groups is 1. The number of benzene rings is 1. The molecule has 15 heteroatoms. The lowest BCUT2D eigenvalue weighted by molar-refractivity contribution is -0.141. The molecule has 0 unspecified atom stereocenters. The number of carbonyl (C=O) groups is 6. The van der Waals surface area contributed by atoms with E-state index < -0.39 is 72.6 Å². The van der Waals surface area contributed by atoms with Gasteiger partial charge in [0, 0.05) is 13.0 Å². The van der Waals surface area contributed by atoms with Gasteiger partial charge in [-0.05, 0) is 25.3 Å². The Balaban J connectivity index is 2.33. The van der Waals surface area contributed by atoms with Crippen LogP contribution in [0, 0.1) is 0 Å². The van der Waals surface area contributed by atoms with Crippen LogP contribution in [0.25, 0.3) is 0 Å². The lowest BCUT2D eigenvalue weighted by atomic mass is 10.0. The van der Waals surface area contributed by atoms with Gasteiger partial charge in [0.2, 0.25) is 29.5 Å². The number of carboxylic acid groups (broad SMARTS) is 1. The van der Waals surface area contributed by atoms with Gasteiger partial charge in [0.05, 0.1) is 13.0 Å². The van der Waals surface area contributed by atoms with Gasteiger partial charge >= 0.3 is 5.97 Å². The molecule has 0 aromatic heterocycles. The van der Waals surface area contributed by atoms with Gasteiger partial charge in [-0.15, -0.1) is 0 Å². The van der Waals surface area contributed by atoms with Crippen molar-refractivity contribution in [1.82, 2.24) is 26.6 Å². The fourth-order valence-electron chi connectivity index (χ4n) is 3.70. The molecule has 10 N–H and O–H groups in total. The highest BCUT2D eigenvalue weighted by molar-refractivity contribution is 5.97. The van der Waals surface area contributed by atoms with Crippen molar-refractivity contribution in [3.63, 3.8) is 0 Å². The van der Waals surface area contributed by atoms with E-state index in [-0.39, 0.29) is 25.3 Å². The zero-order valence-electron chi connectivity index (χ0n) is 21.4. The van der Waals surface area contributed by atoms with Crippen LogP contribution in [0.3, 0.4) is 0 Å². The molecule has 1 aromatic rings. The first kappa shape index (κ1) is 30.5. The fraction of sp³-hybridized carbons (Fsp3) is 0.458. The van der Waals surface area contributed by atoms with Crippen molar-refractivity contribution < 1.29 is 33.9 Å². The first-order chi connectivity index (χ1) is 18.5. The van der Waals surface area contributed by atoms with Crippen LogP contribution >= 0.6 is 0 Å². The molecule has 5 amide bonds. The highest BCUT2D eigenvalue weighted by Crippen LogP contribution is 2.06. The highest BCUT2D eigenvalue weighted by Gasteiger charge is 2.31. The number of hydrogen-bond acceptors (Lipinski definition) is 7. The number of hydrogen-bond donors (Lipinski definition) is 8. The molecule has 4 atom stereocenters. The van der Waals surface area contributed by atoms with E-state index in [0.717, 1.165) is 0 Å². The van der Waals surface area contributed by atoms with E-state index >= 15 is 0 Å². The van der Waals surface area contributed by atoms with Gasteiger partial charge in [0.1, 0.15) is 24.2 Å². The molecule has 39 heavy (non-hydrogen) atoms. The van der Waals surface area contributed by atoms with Crippen molar-refractivity contribution in [1.29, 1.82) is 0 Å². The summed E-state index contributed by atoms with van der Waals surface area (Å²) in [5.41, 5.74) is 11.3. The summed E-state index contributed by atoms with van der Waals surface area (Å²) in [6.07, 6.45) is -0.334. The van der Waals surface area contributed by atoms with Gasteiger partial charge in [-0.1, -0.05) is 30.3 Å². The normalized spacial score (nSPS) is 23.1. The summed E-state index contributed by atoms with van der Waals surface area (Å²) < 4.78 is 0. The molecule has 0 radical (unpaired) electrons. The summed E-state index contributed by atoms with van der Waals surface area (Å²) in [6.45, 7) is 0.989. The van der Waals surface area contributed by atoms with Gasteiger partial charge in [-0.3, -0.25) is 33.8 Å². The zero-order chi connectivity index (χ0) is 28.9. The Morgan fingerprint density at radius 3 is 2.18 bits per heavy atom. The Kier molecular flexibility index (Phi) is 11.7. The number of aliphatic carboxylic acids is 1. The molecule has 0 bridgehead atoms. The molecule has 1 aromatic carbocycles. The molecule has 1 heterocycles. The van der Waals surface area contributed by atoms with Gasteiger partial charge in [-0.25, -0.2) is 0 Å². The van der Waals surface area contributed by atoms with Crippen LogP contribution in [-0.2, 0) is 35.2 Å². The fourth-order valence-corrected chi connectivity index (χ4v) is 3.70. The molecule has 15 nitrogen and oxygen atoms in total. The predicted octanol–water partition coefficient (Wildman–Crippen LogP) is -3.15. The van der Waals surface area contributed by atoms with Crippen LogP contribution in [0.5, 0.6) is 0 Å². The lowest BCUT2D eigenvalue weighted by Crippen LogP contribution is -2.57. The number of rotatable bonds is 8. The van der Waals surface area contributed by atoms with Crippen molar-refractivity contribution in [3.8, 4) is 0 Å². The Hall–Kier alpha value is -4.69. The van der Waals surface area contributed by atoms with E-state index in [1.54, 1.807) is 30.3 Å². The summed E-state index contributed by atoms with van der Waals surface area (Å²) >= 11 is 0. The molecular weight excluding hydrogens is 512 g/mol. The molecule has 0 aliphatic carbocycles. The predicted molar refractivity (Wildman–Crippen MR) is 139 cm³/mol. The van der Waals surface area contributed by atoms with Crippen molar-refractivity contribution in [3.05, 3.63) is 35.9 Å². The molecule has 0 spiro atoms. The first-order valence-electron chi connectivity index (χ1n) is 12.3. The van der Waals surface area contributed by atoms with E-state index in [1.165, 1.54) is 6.92 Å². The van der Waals surface area contributed by atoms with E-state index in [1.807, 2.05) is 0 Å². The number of nitrogens with one attached hydrogen (secondary N) is 5. The molecular formula is C24H34N8O7. The number of carboxylic acids is 1. The van der Waals surface area contributed by atoms with E-state index in [2.05, 4.69) is 31.6 Å². The minimum absolute atomic E-state index is 0.0218. The van der Waals surface area contributed by atoms with E-state index in [4.69, 9.17) is 11.5 Å². The number of guanidine groups is 1. The van der Waals surface area contributed by atoms with Crippen molar-refractivity contribution >= 4 is 41.5 Å². The minimum atomic E-state index is -1.53. The maximum absolute atomic E-state index is 13.1. The Morgan fingerprint density at radius 2 is 1.54 bits per heavy atom. The summed E-state index contributed by atoms with van der Waals surface area (Å²) in [5.74, 6) is -5.39. The largest absolute Gasteiger partial charge is 0.481 e. The number of nitrogens with two attached hydrogens (primary N) is 2. The summed E-state index contributed by atoms with van der Waals surface area (Å²) in [6, 6.07) is 3.76. The molecule has 1 aliphatic rings. The second-order valence-electron chi connectivity index (χ2n) is 8.93. The summed E-state index contributed by atoms with van der Waals surface area (Å²) in [5, 5.41) is 21.4. The quantitative estimate of drug-likeness (QED) is 0.0930. The Labute approximate surface area is 224 Å². The summed E-state index contributed by atoms with van der Waals surface area (Å²) in [4.78, 5) is 79.4. The molecule has 1 saturated heterocycles. The van der Waals surface area contributed by atoms with Crippen LogP contribution < -0.4 is 38.1 Å². The van der Waals surface area contributed by atoms with Crippen molar-refractivity contribution in [2.24, 2.45) is 16.5 Å². The van der Waals surface area contributed by atoms with E-state index in [9.17, 15) is 33.9 Å². The highest BCUT2D eigenvalue weighted by atomic mass is 16.4. The van der Waals surface area contributed by atoms with Crippen LogP contribution in [0.1, 0.15) is 31.7 Å². The van der Waals surface area contributed by atoms with Gasteiger partial charge in [0.15, 0.2) is 5.96 Å². The number of nitrogens with zero attached hydrogens (tertiary/aromatic N) is 1. The first-order valence-corrected chi connectivity index (χ1v) is 12.3. The van der Waals surface area contributed by atoms with Crippen LogP contribution in [0.15, 0.2) is 35.3 Å². The molecule has 212 valence electrons. The third kappa shape index (κ3) is 10.7. The van der Waals surface area contributed by atoms with E-state index in [0.29, 0.717) is 12.0 Å². The number of carbonyl (C=O) groups excluding carboxylic acids is 5. The average molecular weight is 547 g/mol. The molecule has 1 aliphatic heterocycles. The van der Waals surface area contributed by atoms with Crippen molar-refractivity contribution in [2.45, 2.75) is 56.8 Å². The maximum Gasteiger partial charge on any atom is 0.305 e. The smallest absolute Gasteiger partial charge is 0.305 e. The van der Waals surface area contributed by atoms with Gasteiger partial charge < -0.3 is 43.2 Å². The van der Waals surface area contributed by atoms with Crippen LogP contribution in [0.2, 0.25) is 0 Å². The standard InChI is InChI=1S/C24H34N8O7/c1-13-20(36)31-15(8-5-9-27-24(25)26)21(37)28-12-18(33)30-17(11-19(34)35)23(39)32-16(22(38)29-13)10-14-6-3-2-4-7-14/h2-4,6-7,13,15-17H,5,8-12H2,1H3,(H,28,37)(H,29,38)(H,30,33)(H,31,36)(H,32,39)(H,34,35)(H4,25,26,27)/t13-,15-,16+,17-/m0/s1. The molecule has 1 fully saturated rings.